The van der Waals surface area contributed by atoms with E-state index >= 15 is 0 Å². The zero-order valence-corrected chi connectivity index (χ0v) is 14.1. The molecule has 0 radical (unpaired) electrons. The summed E-state index contributed by atoms with van der Waals surface area (Å²) < 4.78 is 5.45. The Balaban J connectivity index is 1.89. The maximum atomic E-state index is 6.12. The van der Waals surface area contributed by atoms with Gasteiger partial charge in [-0.25, -0.2) is 15.0 Å². The van der Waals surface area contributed by atoms with Crippen LogP contribution in [-0.2, 0) is 4.74 Å². The summed E-state index contributed by atoms with van der Waals surface area (Å²) >= 11 is 6.12. The monoisotopic (exact) mass is 340 g/mol. The third-order valence-corrected chi connectivity index (χ3v) is 4.31. The second-order valence-electron chi connectivity index (χ2n) is 5.86. The summed E-state index contributed by atoms with van der Waals surface area (Å²) in [5.41, 5.74) is 3.72. The molecule has 0 aliphatic carbocycles. The Morgan fingerprint density at radius 1 is 1.08 bits per heavy atom. The number of ether oxygens (including phenoxy) is 1. The highest BCUT2D eigenvalue weighted by Crippen LogP contribution is 2.28. The molecule has 122 valence electrons. The molecular weight excluding hydrogens is 324 g/mol. The molecule has 1 aliphatic heterocycles. The van der Waals surface area contributed by atoms with Crippen LogP contribution in [0.1, 0.15) is 5.56 Å². The van der Waals surface area contributed by atoms with Gasteiger partial charge in [-0.05, 0) is 13.0 Å². The number of hydrogen-bond acceptors (Lipinski definition) is 5. The molecule has 0 unspecified atom stereocenters. The third kappa shape index (κ3) is 2.92. The van der Waals surface area contributed by atoms with E-state index in [1.165, 1.54) is 5.56 Å². The van der Waals surface area contributed by atoms with Gasteiger partial charge < -0.3 is 9.64 Å². The minimum absolute atomic E-state index is 0.573. The van der Waals surface area contributed by atoms with E-state index in [0.29, 0.717) is 24.1 Å². The lowest BCUT2D eigenvalue weighted by Crippen LogP contribution is -2.37. The second-order valence-corrected chi connectivity index (χ2v) is 6.29. The average Bonchev–Trinajstić information content (AvgIpc) is 2.62. The molecule has 6 heteroatoms. The van der Waals surface area contributed by atoms with Gasteiger partial charge in [-0.1, -0.05) is 41.4 Å². The molecule has 1 aliphatic rings. The molecule has 1 fully saturated rings. The Hall–Kier alpha value is -2.24. The lowest BCUT2D eigenvalue weighted by Gasteiger charge is -2.28. The zero-order valence-electron chi connectivity index (χ0n) is 13.4. The molecule has 1 aromatic carbocycles. The Bertz CT molecular complexity index is 876. The van der Waals surface area contributed by atoms with Crippen LogP contribution in [0.25, 0.3) is 22.4 Å². The van der Waals surface area contributed by atoms with Crippen LogP contribution in [0.4, 0.5) is 5.82 Å². The summed E-state index contributed by atoms with van der Waals surface area (Å²) in [4.78, 5) is 16.1. The minimum Gasteiger partial charge on any atom is -0.378 e. The number of hydrogen-bond donors (Lipinski definition) is 0. The molecule has 3 aromatic rings. The first-order chi connectivity index (χ1) is 11.7. The first-order valence-electron chi connectivity index (χ1n) is 7.94. The Kier molecular flexibility index (Phi) is 4.04. The molecule has 24 heavy (non-hydrogen) atoms. The van der Waals surface area contributed by atoms with Gasteiger partial charge in [0.25, 0.3) is 0 Å². The molecule has 5 nitrogen and oxygen atoms in total. The predicted octanol–water partition coefficient (Wildman–Crippen LogP) is 3.49. The number of aromatic nitrogens is 3. The van der Waals surface area contributed by atoms with E-state index in [0.717, 1.165) is 35.5 Å². The van der Waals surface area contributed by atoms with Crippen molar-refractivity contribution in [2.24, 2.45) is 0 Å². The fourth-order valence-electron chi connectivity index (χ4n) is 2.81. The smallest absolute Gasteiger partial charge is 0.162 e. The van der Waals surface area contributed by atoms with Gasteiger partial charge in [0.2, 0.25) is 0 Å². The van der Waals surface area contributed by atoms with Crippen LogP contribution in [-0.4, -0.2) is 41.3 Å². The van der Waals surface area contributed by atoms with Crippen molar-refractivity contribution in [3.63, 3.8) is 0 Å². The van der Waals surface area contributed by atoms with Crippen molar-refractivity contribution in [3.8, 4) is 11.4 Å². The molecule has 0 spiro atoms. The number of rotatable bonds is 2. The topological polar surface area (TPSA) is 51.1 Å². The maximum Gasteiger partial charge on any atom is 0.162 e. The summed E-state index contributed by atoms with van der Waals surface area (Å²) in [5.74, 6) is 1.53. The number of benzene rings is 1. The molecule has 4 rings (SSSR count). The van der Waals surface area contributed by atoms with Crippen molar-refractivity contribution in [2.75, 3.05) is 31.2 Å². The molecule has 0 atom stereocenters. The summed E-state index contributed by atoms with van der Waals surface area (Å²) in [6.45, 7) is 5.04. The fourth-order valence-corrected chi connectivity index (χ4v) is 2.96. The molecule has 2 aromatic heterocycles. The molecule has 0 amide bonds. The highest BCUT2D eigenvalue weighted by molar-refractivity contribution is 6.31. The van der Waals surface area contributed by atoms with Gasteiger partial charge in [-0.3, -0.25) is 0 Å². The maximum absolute atomic E-state index is 6.12. The lowest BCUT2D eigenvalue weighted by atomic mass is 10.1. The van der Waals surface area contributed by atoms with Gasteiger partial charge in [-0.15, -0.1) is 0 Å². The fraction of sp³-hybridized carbons (Fsp3) is 0.278. The number of fused-ring (bicyclic) bond motifs is 1. The number of morpholine rings is 1. The van der Waals surface area contributed by atoms with E-state index in [-0.39, 0.29) is 0 Å². The van der Waals surface area contributed by atoms with Gasteiger partial charge in [-0.2, -0.15) is 0 Å². The van der Waals surface area contributed by atoms with E-state index in [4.69, 9.17) is 21.3 Å². The Labute approximate surface area is 145 Å². The second kappa shape index (κ2) is 6.34. The molecule has 0 saturated carbocycles. The Morgan fingerprint density at radius 3 is 2.58 bits per heavy atom. The van der Waals surface area contributed by atoms with Crippen LogP contribution in [0.5, 0.6) is 0 Å². The normalized spacial score (nSPS) is 15.0. The van der Waals surface area contributed by atoms with E-state index in [2.05, 4.69) is 33.9 Å². The predicted molar refractivity (Wildman–Crippen MR) is 95.5 cm³/mol. The third-order valence-electron chi connectivity index (χ3n) is 4.10. The Morgan fingerprint density at radius 2 is 1.83 bits per heavy atom. The highest BCUT2D eigenvalue weighted by atomic mass is 35.5. The van der Waals surface area contributed by atoms with Crippen molar-refractivity contribution < 1.29 is 4.74 Å². The number of pyridine rings is 1. The van der Waals surface area contributed by atoms with E-state index < -0.39 is 0 Å². The van der Waals surface area contributed by atoms with Crippen molar-refractivity contribution >= 4 is 28.5 Å². The summed E-state index contributed by atoms with van der Waals surface area (Å²) in [6, 6.07) is 10.0. The van der Waals surface area contributed by atoms with E-state index in [9.17, 15) is 0 Å². The highest BCUT2D eigenvalue weighted by Gasteiger charge is 2.19. The number of aryl methyl sites for hydroxylation is 1. The molecule has 0 N–H and O–H groups in total. The van der Waals surface area contributed by atoms with Crippen LogP contribution in [0.2, 0.25) is 5.02 Å². The van der Waals surface area contributed by atoms with E-state index in [1.54, 1.807) is 6.20 Å². The van der Waals surface area contributed by atoms with Crippen LogP contribution in [0, 0.1) is 6.92 Å². The van der Waals surface area contributed by atoms with Gasteiger partial charge in [0.05, 0.1) is 23.8 Å². The molecular formula is C18H17ClN4O. The van der Waals surface area contributed by atoms with Crippen molar-refractivity contribution in [1.82, 2.24) is 15.0 Å². The lowest BCUT2D eigenvalue weighted by molar-refractivity contribution is 0.122. The first kappa shape index (κ1) is 15.3. The summed E-state index contributed by atoms with van der Waals surface area (Å²) in [7, 11) is 0. The molecule has 0 bridgehead atoms. The number of halogens is 1. The van der Waals surface area contributed by atoms with E-state index in [1.807, 2.05) is 18.2 Å². The average molecular weight is 341 g/mol. The van der Waals surface area contributed by atoms with Crippen LogP contribution in [0.3, 0.4) is 0 Å². The van der Waals surface area contributed by atoms with Crippen molar-refractivity contribution in [2.45, 2.75) is 6.92 Å². The standard InChI is InChI=1S/C18H17ClN4O/c1-12-2-4-13(5-3-12)17-21-15-10-14(19)11-20-16(15)18(22-17)23-6-8-24-9-7-23/h2-5,10-11H,6-9H2,1H3. The van der Waals surface area contributed by atoms with Gasteiger partial charge in [0, 0.05) is 24.8 Å². The van der Waals surface area contributed by atoms with Crippen molar-refractivity contribution in [3.05, 3.63) is 47.1 Å². The molecule has 1 saturated heterocycles. The van der Waals surface area contributed by atoms with Crippen molar-refractivity contribution in [1.29, 1.82) is 0 Å². The minimum atomic E-state index is 0.573. The van der Waals surface area contributed by atoms with Crippen LogP contribution in [0.15, 0.2) is 36.5 Å². The largest absolute Gasteiger partial charge is 0.378 e. The summed E-state index contributed by atoms with van der Waals surface area (Å²) in [5, 5.41) is 0.573. The first-order valence-corrected chi connectivity index (χ1v) is 8.31. The van der Waals surface area contributed by atoms with Gasteiger partial charge in [0.1, 0.15) is 5.52 Å². The van der Waals surface area contributed by atoms with Gasteiger partial charge >= 0.3 is 0 Å². The zero-order chi connectivity index (χ0) is 16.5. The number of nitrogens with zero attached hydrogens (tertiary/aromatic N) is 4. The van der Waals surface area contributed by atoms with Crippen LogP contribution >= 0.6 is 11.6 Å². The SMILES string of the molecule is Cc1ccc(-c2nc(N3CCOCC3)c3ncc(Cl)cc3n2)cc1. The van der Waals surface area contributed by atoms with Crippen LogP contribution < -0.4 is 4.90 Å². The quantitative estimate of drug-likeness (QED) is 0.714. The molecule has 3 heterocycles. The number of anilines is 1. The van der Waals surface area contributed by atoms with Gasteiger partial charge in [0.15, 0.2) is 11.6 Å². The summed E-state index contributed by atoms with van der Waals surface area (Å²) in [6.07, 6.45) is 1.64.